The molecule has 2 heterocycles. The van der Waals surface area contributed by atoms with Gasteiger partial charge in [-0.2, -0.15) is 0 Å². The van der Waals surface area contributed by atoms with Crippen molar-refractivity contribution < 1.29 is 28.6 Å². The van der Waals surface area contributed by atoms with Crippen LogP contribution in [-0.4, -0.2) is 53.4 Å². The van der Waals surface area contributed by atoms with Crippen LogP contribution in [0.25, 0.3) is 11.5 Å². The van der Waals surface area contributed by atoms with Crippen LogP contribution in [0.4, 0.5) is 4.79 Å². The molecule has 0 unspecified atom stereocenters. The van der Waals surface area contributed by atoms with Crippen LogP contribution in [0.15, 0.2) is 59.0 Å². The number of carboxylic acids is 1. The zero-order chi connectivity index (χ0) is 25.5. The minimum Gasteiger partial charge on any atom is -0.493 e. The van der Waals surface area contributed by atoms with Gasteiger partial charge in [-0.1, -0.05) is 30.3 Å². The van der Waals surface area contributed by atoms with Crippen molar-refractivity contribution in [3.05, 3.63) is 71.6 Å². The molecule has 0 spiro atoms. The molecular weight excluding hydrogens is 460 g/mol. The van der Waals surface area contributed by atoms with Crippen LogP contribution in [0.1, 0.15) is 30.4 Å². The number of likely N-dealkylation sites (tertiary alicyclic amines) is 1. The first-order valence-electron chi connectivity index (χ1n) is 12.3. The van der Waals surface area contributed by atoms with Gasteiger partial charge in [-0.3, -0.25) is 4.79 Å². The molecule has 1 saturated heterocycles. The molecule has 8 heteroatoms. The Labute approximate surface area is 210 Å². The van der Waals surface area contributed by atoms with Gasteiger partial charge in [0.1, 0.15) is 11.5 Å². The van der Waals surface area contributed by atoms with E-state index in [9.17, 15) is 14.7 Å². The molecule has 2 atom stereocenters. The van der Waals surface area contributed by atoms with E-state index in [1.165, 1.54) is 4.90 Å². The van der Waals surface area contributed by atoms with Gasteiger partial charge in [-0.05, 0) is 62.4 Å². The summed E-state index contributed by atoms with van der Waals surface area (Å²) < 4.78 is 16.9. The van der Waals surface area contributed by atoms with Gasteiger partial charge >= 0.3 is 12.1 Å². The first-order valence-corrected chi connectivity index (χ1v) is 12.3. The van der Waals surface area contributed by atoms with E-state index in [0.29, 0.717) is 38.3 Å². The standard InChI is InChI=1S/C28H32N2O6/c1-3-34-28(33)30-17-22(24(18-30)27(31)32)13-12-20-8-7-11-23(16-20)35-15-14-25-19(2)36-26(29-25)21-9-5-4-6-10-21/h4-11,16,22,24H,3,12-15,17-18H2,1-2H3,(H,31,32)/t22-,24+/m0/s1. The number of oxazole rings is 1. The van der Waals surface area contributed by atoms with E-state index in [4.69, 9.17) is 13.9 Å². The van der Waals surface area contributed by atoms with Crippen molar-refractivity contribution in [3.63, 3.8) is 0 Å². The second-order valence-corrected chi connectivity index (χ2v) is 8.98. The van der Waals surface area contributed by atoms with Crippen molar-refractivity contribution in [1.29, 1.82) is 0 Å². The number of hydrogen-bond acceptors (Lipinski definition) is 6. The molecule has 36 heavy (non-hydrogen) atoms. The Morgan fingerprint density at radius 1 is 1.11 bits per heavy atom. The molecule has 0 radical (unpaired) electrons. The van der Waals surface area contributed by atoms with Gasteiger partial charge in [0.05, 0.1) is 24.8 Å². The van der Waals surface area contributed by atoms with Crippen LogP contribution in [0, 0.1) is 18.8 Å². The lowest BCUT2D eigenvalue weighted by Gasteiger charge is -2.15. The van der Waals surface area contributed by atoms with Crippen LogP contribution in [0.3, 0.4) is 0 Å². The molecule has 1 aliphatic heterocycles. The quantitative estimate of drug-likeness (QED) is 0.425. The summed E-state index contributed by atoms with van der Waals surface area (Å²) in [7, 11) is 0. The third-order valence-electron chi connectivity index (χ3n) is 6.51. The largest absolute Gasteiger partial charge is 0.493 e. The molecule has 2 aromatic carbocycles. The number of nitrogens with zero attached hydrogens (tertiary/aromatic N) is 2. The lowest BCUT2D eigenvalue weighted by atomic mass is 9.90. The summed E-state index contributed by atoms with van der Waals surface area (Å²) in [6.07, 6.45) is 1.54. The number of rotatable bonds is 10. The molecule has 1 N–H and O–H groups in total. The number of aryl methyl sites for hydroxylation is 2. The summed E-state index contributed by atoms with van der Waals surface area (Å²) >= 11 is 0. The average Bonchev–Trinajstić information content (AvgIpc) is 3.48. The lowest BCUT2D eigenvalue weighted by molar-refractivity contribution is -0.142. The third-order valence-corrected chi connectivity index (χ3v) is 6.51. The first kappa shape index (κ1) is 25.3. The van der Waals surface area contributed by atoms with Crippen molar-refractivity contribution in [3.8, 4) is 17.2 Å². The highest BCUT2D eigenvalue weighted by atomic mass is 16.6. The molecule has 4 rings (SSSR count). The average molecular weight is 493 g/mol. The third kappa shape index (κ3) is 6.24. The number of hydrogen-bond donors (Lipinski definition) is 1. The number of carbonyl (C=O) groups is 2. The van der Waals surface area contributed by atoms with Crippen LogP contribution in [0.2, 0.25) is 0 Å². The predicted molar refractivity (Wildman–Crippen MR) is 134 cm³/mol. The summed E-state index contributed by atoms with van der Waals surface area (Å²) in [4.78, 5) is 29.9. The molecule has 0 bridgehead atoms. The Morgan fingerprint density at radius 3 is 2.67 bits per heavy atom. The zero-order valence-corrected chi connectivity index (χ0v) is 20.7. The molecule has 190 valence electrons. The van der Waals surface area contributed by atoms with Gasteiger partial charge in [0.2, 0.25) is 5.89 Å². The van der Waals surface area contributed by atoms with Crippen LogP contribution in [-0.2, 0) is 22.4 Å². The molecule has 8 nitrogen and oxygen atoms in total. The van der Waals surface area contributed by atoms with Crippen molar-refractivity contribution in [2.24, 2.45) is 11.8 Å². The maximum Gasteiger partial charge on any atom is 0.409 e. The number of benzene rings is 2. The van der Waals surface area contributed by atoms with E-state index in [2.05, 4.69) is 4.98 Å². The van der Waals surface area contributed by atoms with Gasteiger partial charge in [0, 0.05) is 25.1 Å². The smallest absolute Gasteiger partial charge is 0.409 e. The summed E-state index contributed by atoms with van der Waals surface area (Å²) in [5.41, 5.74) is 2.88. The van der Waals surface area contributed by atoms with Gasteiger partial charge < -0.3 is 23.9 Å². The molecule has 0 saturated carbocycles. The van der Waals surface area contributed by atoms with Crippen molar-refractivity contribution >= 4 is 12.1 Å². The maximum atomic E-state index is 12.1. The Bertz CT molecular complexity index is 1180. The fourth-order valence-electron chi connectivity index (χ4n) is 4.58. The molecule has 1 amide bonds. The SMILES string of the molecule is CCOC(=O)N1C[C@H](CCc2cccc(OCCc3nc(-c4ccccc4)oc3C)c2)[C@H](C(=O)O)C1. The van der Waals surface area contributed by atoms with Crippen LogP contribution < -0.4 is 4.74 Å². The lowest BCUT2D eigenvalue weighted by Crippen LogP contribution is -2.30. The van der Waals surface area contributed by atoms with Gasteiger partial charge in [-0.25, -0.2) is 9.78 Å². The van der Waals surface area contributed by atoms with Crippen LogP contribution >= 0.6 is 0 Å². The van der Waals surface area contributed by atoms with Gasteiger partial charge in [0.15, 0.2) is 0 Å². The van der Waals surface area contributed by atoms with E-state index in [1.807, 2.05) is 61.5 Å². The second kappa shape index (κ2) is 11.7. The molecule has 1 aliphatic rings. The summed E-state index contributed by atoms with van der Waals surface area (Å²) in [5, 5.41) is 9.62. The zero-order valence-electron chi connectivity index (χ0n) is 20.7. The molecular formula is C28H32N2O6. The number of carboxylic acid groups (broad SMARTS) is 1. The fourth-order valence-corrected chi connectivity index (χ4v) is 4.58. The Kier molecular flexibility index (Phi) is 8.25. The van der Waals surface area contributed by atoms with Crippen molar-refractivity contribution in [1.82, 2.24) is 9.88 Å². The number of carbonyl (C=O) groups excluding carboxylic acids is 1. The summed E-state index contributed by atoms with van der Waals surface area (Å²) in [6.45, 7) is 4.97. The number of aromatic nitrogens is 1. The highest BCUT2D eigenvalue weighted by Gasteiger charge is 2.39. The van der Waals surface area contributed by atoms with E-state index in [-0.39, 0.29) is 19.1 Å². The molecule has 0 aliphatic carbocycles. The van der Waals surface area contributed by atoms with E-state index in [0.717, 1.165) is 28.3 Å². The predicted octanol–water partition coefficient (Wildman–Crippen LogP) is 4.99. The molecule has 1 fully saturated rings. The van der Waals surface area contributed by atoms with Crippen molar-refractivity contribution in [2.45, 2.75) is 33.1 Å². The van der Waals surface area contributed by atoms with E-state index < -0.39 is 18.0 Å². The fraction of sp³-hybridized carbons (Fsp3) is 0.393. The molecule has 1 aromatic heterocycles. The number of aliphatic carboxylic acids is 1. The van der Waals surface area contributed by atoms with Crippen molar-refractivity contribution in [2.75, 3.05) is 26.3 Å². The monoisotopic (exact) mass is 492 g/mol. The Hall–Kier alpha value is -3.81. The minimum absolute atomic E-state index is 0.120. The topological polar surface area (TPSA) is 102 Å². The minimum atomic E-state index is -0.873. The van der Waals surface area contributed by atoms with E-state index >= 15 is 0 Å². The first-order chi connectivity index (χ1) is 17.4. The maximum absolute atomic E-state index is 12.1. The molecule has 3 aromatic rings. The normalized spacial score (nSPS) is 17.2. The Morgan fingerprint density at radius 2 is 1.92 bits per heavy atom. The highest BCUT2D eigenvalue weighted by Crippen LogP contribution is 2.29. The van der Waals surface area contributed by atoms with Gasteiger partial charge in [-0.15, -0.1) is 0 Å². The van der Waals surface area contributed by atoms with Crippen LogP contribution in [0.5, 0.6) is 5.75 Å². The number of amides is 1. The summed E-state index contributed by atoms with van der Waals surface area (Å²) in [6, 6.07) is 17.6. The summed E-state index contributed by atoms with van der Waals surface area (Å²) in [5.74, 6) is 0.574. The number of ether oxygens (including phenoxy) is 2. The highest BCUT2D eigenvalue weighted by molar-refractivity contribution is 5.74. The van der Waals surface area contributed by atoms with Gasteiger partial charge in [0.25, 0.3) is 0 Å². The van der Waals surface area contributed by atoms with E-state index in [1.54, 1.807) is 6.92 Å². The second-order valence-electron chi connectivity index (χ2n) is 8.98. The Balaban J connectivity index is 1.30.